The van der Waals surface area contributed by atoms with Crippen LogP contribution in [0.1, 0.15) is 11.7 Å². The quantitative estimate of drug-likeness (QED) is 0.230. The first-order valence-electron chi connectivity index (χ1n) is 15.1. The van der Waals surface area contributed by atoms with Crippen molar-refractivity contribution < 1.29 is 4.74 Å². The number of rotatable bonds is 4. The zero-order valence-electron chi connectivity index (χ0n) is 23.9. The van der Waals surface area contributed by atoms with Gasteiger partial charge in [0.05, 0.1) is 11.4 Å². The number of anilines is 3. The summed E-state index contributed by atoms with van der Waals surface area (Å²) in [6.07, 6.45) is 0.0233. The van der Waals surface area contributed by atoms with Gasteiger partial charge in [-0.3, -0.25) is 0 Å². The van der Waals surface area contributed by atoms with Gasteiger partial charge in [-0.2, -0.15) is 0 Å². The van der Waals surface area contributed by atoms with Crippen LogP contribution in [0.15, 0.2) is 158 Å². The highest BCUT2D eigenvalue weighted by Gasteiger charge is 2.31. The molecule has 0 aliphatic carbocycles. The summed E-state index contributed by atoms with van der Waals surface area (Å²) in [6, 6.07) is 56.1. The zero-order valence-corrected chi connectivity index (χ0v) is 23.9. The summed E-state index contributed by atoms with van der Waals surface area (Å²) < 4.78 is 6.32. The summed E-state index contributed by atoms with van der Waals surface area (Å²) in [5.74, 6) is 1.83. The van der Waals surface area contributed by atoms with E-state index in [1.165, 1.54) is 55.5 Å². The minimum absolute atomic E-state index is 0.0233. The molecule has 0 saturated heterocycles. The molecule has 3 nitrogen and oxygen atoms in total. The Morgan fingerprint density at radius 2 is 1.20 bits per heavy atom. The first-order chi connectivity index (χ1) is 21.8. The highest BCUT2D eigenvalue weighted by atomic mass is 16.5. The number of hydrogen-bond acceptors (Lipinski definition) is 3. The second kappa shape index (κ2) is 9.89. The Hall–Kier alpha value is -5.80. The molecule has 44 heavy (non-hydrogen) atoms. The van der Waals surface area contributed by atoms with Crippen LogP contribution in [0.3, 0.4) is 0 Å². The van der Waals surface area contributed by atoms with Gasteiger partial charge in [0.2, 0.25) is 0 Å². The summed E-state index contributed by atoms with van der Waals surface area (Å²) in [7, 11) is 0. The molecule has 1 atom stereocenters. The van der Waals surface area contributed by atoms with E-state index in [1.807, 2.05) is 12.1 Å². The molecule has 0 bridgehead atoms. The summed E-state index contributed by atoms with van der Waals surface area (Å²) in [6.45, 7) is 0. The van der Waals surface area contributed by atoms with Gasteiger partial charge in [0.25, 0.3) is 0 Å². The molecule has 2 aliphatic rings. The molecule has 0 aromatic heterocycles. The third-order valence-electron chi connectivity index (χ3n) is 8.88. The van der Waals surface area contributed by atoms with Crippen LogP contribution in [0.25, 0.3) is 44.2 Å². The van der Waals surface area contributed by atoms with Gasteiger partial charge in [-0.15, -0.1) is 0 Å². The van der Waals surface area contributed by atoms with Crippen molar-refractivity contribution in [1.29, 1.82) is 0 Å². The Balaban J connectivity index is 1.08. The lowest BCUT2D eigenvalue weighted by Crippen LogP contribution is -2.23. The Labute approximate surface area is 256 Å². The Kier molecular flexibility index (Phi) is 5.57. The number of benzene rings is 7. The highest BCUT2D eigenvalue weighted by molar-refractivity contribution is 6.09. The number of para-hydroxylation sites is 2. The number of ether oxygens (including phenoxy) is 1. The number of fused-ring (bicyclic) bond motifs is 3. The Morgan fingerprint density at radius 1 is 0.500 bits per heavy atom. The molecule has 1 N–H and O–H groups in total. The van der Waals surface area contributed by atoms with Crippen LogP contribution in [0.4, 0.5) is 17.1 Å². The smallest absolute Gasteiger partial charge is 0.135 e. The fourth-order valence-electron chi connectivity index (χ4n) is 6.81. The second-order valence-electron chi connectivity index (χ2n) is 11.4. The highest BCUT2D eigenvalue weighted by Crippen LogP contribution is 2.49. The summed E-state index contributed by atoms with van der Waals surface area (Å²) in [4.78, 5) is 2.39. The maximum Gasteiger partial charge on any atom is 0.135 e. The molecule has 0 fully saturated rings. The van der Waals surface area contributed by atoms with Crippen molar-refractivity contribution in [2.75, 3.05) is 10.2 Å². The summed E-state index contributed by atoms with van der Waals surface area (Å²) in [5.41, 5.74) is 11.8. The van der Waals surface area contributed by atoms with Crippen LogP contribution in [-0.4, -0.2) is 0 Å². The molecule has 0 spiro atoms. The molecule has 3 heteroatoms. The fraction of sp³-hybridized carbons (Fsp3) is 0.0244. The lowest BCUT2D eigenvalue weighted by atomic mass is 9.90. The van der Waals surface area contributed by atoms with Gasteiger partial charge in [0.1, 0.15) is 17.7 Å². The average molecular weight is 565 g/mol. The maximum absolute atomic E-state index is 6.32. The monoisotopic (exact) mass is 564 g/mol. The molecule has 0 saturated carbocycles. The van der Waals surface area contributed by atoms with Crippen LogP contribution in [0.2, 0.25) is 0 Å². The third-order valence-corrected chi connectivity index (χ3v) is 8.88. The van der Waals surface area contributed by atoms with Gasteiger partial charge in [-0.1, -0.05) is 121 Å². The normalized spacial score (nSPS) is 14.5. The Morgan fingerprint density at radius 3 is 2.05 bits per heavy atom. The summed E-state index contributed by atoms with van der Waals surface area (Å²) in [5, 5.41) is 6.19. The van der Waals surface area contributed by atoms with Crippen LogP contribution in [0, 0.1) is 0 Å². The Bertz CT molecular complexity index is 2170. The van der Waals surface area contributed by atoms with Gasteiger partial charge in [0, 0.05) is 16.6 Å². The van der Waals surface area contributed by atoms with Crippen LogP contribution in [-0.2, 0) is 0 Å². The van der Waals surface area contributed by atoms with Crippen molar-refractivity contribution in [2.45, 2.75) is 6.17 Å². The molecule has 2 aliphatic heterocycles. The molecule has 7 aromatic carbocycles. The number of hydrogen-bond donors (Lipinski definition) is 1. The maximum atomic E-state index is 6.32. The van der Waals surface area contributed by atoms with Gasteiger partial charge < -0.3 is 15.0 Å². The molecule has 9 rings (SSSR count). The summed E-state index contributed by atoms with van der Waals surface area (Å²) >= 11 is 0. The standard InChI is InChI=1S/C41H28N2O/c1-3-10-29(11-4-1)41-42-36-26-30(22-24-37(36)43(41)31-12-5-2-6-13-31)27-18-20-28(21-19-27)32-23-25-39-40-34(32)15-9-16-35(40)33-14-7-8-17-38(33)44-39/h1-26,41-42H. The van der Waals surface area contributed by atoms with Gasteiger partial charge in [-0.05, 0) is 75.2 Å². The fourth-order valence-corrected chi connectivity index (χ4v) is 6.81. The lowest BCUT2D eigenvalue weighted by Gasteiger charge is -2.27. The van der Waals surface area contributed by atoms with E-state index < -0.39 is 0 Å². The van der Waals surface area contributed by atoms with Gasteiger partial charge in [-0.25, -0.2) is 0 Å². The van der Waals surface area contributed by atoms with E-state index in [9.17, 15) is 0 Å². The van der Waals surface area contributed by atoms with E-state index in [-0.39, 0.29) is 6.17 Å². The molecular formula is C41H28N2O. The third kappa shape index (κ3) is 3.90. The predicted molar refractivity (Wildman–Crippen MR) is 182 cm³/mol. The molecule has 7 aromatic rings. The van der Waals surface area contributed by atoms with E-state index in [4.69, 9.17) is 4.74 Å². The first-order valence-corrected chi connectivity index (χ1v) is 15.1. The van der Waals surface area contributed by atoms with Gasteiger partial charge in [0.15, 0.2) is 0 Å². The van der Waals surface area contributed by atoms with E-state index in [2.05, 4.69) is 156 Å². The van der Waals surface area contributed by atoms with Crippen molar-refractivity contribution in [2.24, 2.45) is 0 Å². The van der Waals surface area contributed by atoms with E-state index >= 15 is 0 Å². The lowest BCUT2D eigenvalue weighted by molar-refractivity contribution is 0.487. The minimum Gasteiger partial charge on any atom is -0.456 e. The number of nitrogens with zero attached hydrogens (tertiary/aromatic N) is 1. The minimum atomic E-state index is 0.0233. The van der Waals surface area contributed by atoms with E-state index in [0.717, 1.165) is 22.7 Å². The molecule has 208 valence electrons. The SMILES string of the molecule is c1ccc(C2Nc3cc(-c4ccc(-c5ccc6c7c(cccc57)-c5ccccc5O6)cc4)ccc3N2c2ccccc2)cc1. The molecule has 2 heterocycles. The molecule has 0 radical (unpaired) electrons. The van der Waals surface area contributed by atoms with E-state index in [1.54, 1.807) is 0 Å². The van der Waals surface area contributed by atoms with Crippen LogP contribution in [0.5, 0.6) is 11.5 Å². The van der Waals surface area contributed by atoms with Crippen molar-refractivity contribution in [3.63, 3.8) is 0 Å². The predicted octanol–water partition coefficient (Wildman–Crippen LogP) is 11.2. The van der Waals surface area contributed by atoms with Crippen molar-refractivity contribution in [3.05, 3.63) is 163 Å². The topological polar surface area (TPSA) is 24.5 Å². The average Bonchev–Trinajstić information content (AvgIpc) is 3.48. The zero-order chi connectivity index (χ0) is 29.0. The van der Waals surface area contributed by atoms with Crippen molar-refractivity contribution >= 4 is 27.8 Å². The number of nitrogens with one attached hydrogen (secondary N) is 1. The molecule has 1 unspecified atom stereocenters. The largest absolute Gasteiger partial charge is 0.456 e. The van der Waals surface area contributed by atoms with Crippen LogP contribution >= 0.6 is 0 Å². The molecule has 0 amide bonds. The van der Waals surface area contributed by atoms with Crippen molar-refractivity contribution in [1.82, 2.24) is 0 Å². The van der Waals surface area contributed by atoms with Gasteiger partial charge >= 0.3 is 0 Å². The van der Waals surface area contributed by atoms with E-state index in [0.29, 0.717) is 0 Å². The van der Waals surface area contributed by atoms with Crippen molar-refractivity contribution in [3.8, 4) is 44.9 Å². The van der Waals surface area contributed by atoms with Crippen LogP contribution < -0.4 is 15.0 Å². The first kappa shape index (κ1) is 24.8. The molecular weight excluding hydrogens is 536 g/mol. The second-order valence-corrected chi connectivity index (χ2v) is 11.4.